The molecule has 0 atom stereocenters. The number of carbonyl (C=O) groups is 2. The van der Waals surface area contributed by atoms with E-state index < -0.39 is 17.7 Å². The number of aromatic nitrogens is 2. The van der Waals surface area contributed by atoms with Crippen molar-refractivity contribution in [3.05, 3.63) is 39.8 Å². The second kappa shape index (κ2) is 8.32. The maximum atomic E-state index is 9.65. The zero-order valence-corrected chi connectivity index (χ0v) is 13.5. The normalized spacial score (nSPS) is 10.5. The van der Waals surface area contributed by atoms with Crippen LogP contribution in [-0.4, -0.2) is 37.2 Å². The molecule has 0 aliphatic heterocycles. The molecule has 2 aromatic heterocycles. The number of aliphatic hydroxyl groups excluding tert-OH is 1. The molecule has 0 aliphatic carbocycles. The van der Waals surface area contributed by atoms with Gasteiger partial charge in [0.15, 0.2) is 0 Å². The molecule has 0 fully saturated rings. The minimum Gasteiger partial charge on any atom is -0.502 e. The first-order chi connectivity index (χ1) is 10.3. The average Bonchev–Trinajstić information content (AvgIpc) is 2.80. The smallest absolute Gasteiger partial charge is 0.371 e. The van der Waals surface area contributed by atoms with Crippen LogP contribution in [0.1, 0.15) is 5.56 Å². The Morgan fingerprint density at radius 3 is 2.27 bits per heavy atom. The summed E-state index contributed by atoms with van der Waals surface area (Å²) in [4.78, 5) is 28.7. The Labute approximate surface area is 137 Å². The Balaban J connectivity index is 0.000000239. The van der Waals surface area contributed by atoms with E-state index in [-0.39, 0.29) is 6.08 Å². The second-order valence-electron chi connectivity index (χ2n) is 3.67. The molecule has 0 saturated heterocycles. The quantitative estimate of drug-likeness (QED) is 0.331. The number of nitrogens with zero attached hydrogens (tertiary/aromatic N) is 2. The highest BCUT2D eigenvalue weighted by atomic mass is 32.9. The van der Waals surface area contributed by atoms with Gasteiger partial charge >= 0.3 is 11.9 Å². The molecule has 22 heavy (non-hydrogen) atoms. The van der Waals surface area contributed by atoms with E-state index >= 15 is 0 Å². The number of carboxylic acids is 2. The highest BCUT2D eigenvalue weighted by Gasteiger charge is 2.07. The molecule has 2 heterocycles. The van der Waals surface area contributed by atoms with Crippen LogP contribution < -0.4 is 0 Å². The lowest BCUT2D eigenvalue weighted by atomic mass is 10.3. The van der Waals surface area contributed by atoms with E-state index in [0.717, 1.165) is 20.0 Å². The molecule has 3 N–H and O–H groups in total. The summed E-state index contributed by atoms with van der Waals surface area (Å²) in [7, 11) is 3.28. The zero-order chi connectivity index (χ0) is 16.7. The van der Waals surface area contributed by atoms with Gasteiger partial charge in [0.2, 0.25) is 5.76 Å². The third-order valence-electron chi connectivity index (χ3n) is 2.12. The van der Waals surface area contributed by atoms with E-state index in [2.05, 4.69) is 9.97 Å². The van der Waals surface area contributed by atoms with Crippen molar-refractivity contribution in [2.75, 3.05) is 0 Å². The van der Waals surface area contributed by atoms with Gasteiger partial charge < -0.3 is 15.3 Å². The van der Waals surface area contributed by atoms with Gasteiger partial charge in [-0.2, -0.15) is 0 Å². The lowest BCUT2D eigenvalue weighted by Crippen LogP contribution is -2.02. The fraction of sp³-hybridized carbons (Fsp3) is 0.0833. The van der Waals surface area contributed by atoms with Crippen molar-refractivity contribution >= 4 is 44.8 Å². The highest BCUT2D eigenvalue weighted by molar-refractivity contribution is 7.80. The number of hydrogen-bond donors (Lipinski definition) is 3. The van der Waals surface area contributed by atoms with Crippen LogP contribution in [0.15, 0.2) is 30.4 Å². The Kier molecular flexibility index (Phi) is 6.76. The van der Waals surface area contributed by atoms with Crippen LogP contribution in [0.3, 0.4) is 0 Å². The average molecular weight is 358 g/mol. The van der Waals surface area contributed by atoms with E-state index in [9.17, 15) is 9.59 Å². The molecule has 0 amide bonds. The van der Waals surface area contributed by atoms with Crippen LogP contribution >= 0.6 is 32.9 Å². The SMILES string of the molecule is Cc1c(-c2cnccn2)ssc1=S.O=C(O)/C=C(/O)C(=O)O. The monoisotopic (exact) mass is 358 g/mol. The highest BCUT2D eigenvalue weighted by Crippen LogP contribution is 2.31. The molecule has 2 aromatic rings. The van der Waals surface area contributed by atoms with Crippen LogP contribution in [0.4, 0.5) is 0 Å². The standard InChI is InChI=1S/C8H6N2S3.C4H4O5/c1-5-7(12-13-8(5)11)6-4-9-2-3-10-6;5-2(4(8)9)1-3(6)7/h2-4H,1H3;1,5H,(H,6,7)(H,8,9)/b;2-1+. The van der Waals surface area contributed by atoms with Crippen molar-refractivity contribution in [1.29, 1.82) is 0 Å². The van der Waals surface area contributed by atoms with Crippen molar-refractivity contribution in [3.8, 4) is 10.6 Å². The summed E-state index contributed by atoms with van der Waals surface area (Å²) in [5.74, 6) is -4.32. The van der Waals surface area contributed by atoms with Gasteiger partial charge in [0.05, 0.1) is 22.8 Å². The molecule has 0 unspecified atom stereocenters. The molecular formula is C12H10N2O5S3. The molecule has 0 saturated carbocycles. The third kappa shape index (κ3) is 5.31. The van der Waals surface area contributed by atoms with Crippen molar-refractivity contribution in [1.82, 2.24) is 9.97 Å². The zero-order valence-electron chi connectivity index (χ0n) is 11.1. The van der Waals surface area contributed by atoms with E-state index in [1.54, 1.807) is 39.3 Å². The third-order valence-corrected chi connectivity index (χ3v) is 5.47. The molecule has 10 heteroatoms. The van der Waals surface area contributed by atoms with Gasteiger partial charge in [0.1, 0.15) is 3.82 Å². The first-order valence-electron chi connectivity index (χ1n) is 5.56. The molecule has 0 bridgehead atoms. The summed E-state index contributed by atoms with van der Waals surface area (Å²) in [5, 5.41) is 23.9. The van der Waals surface area contributed by atoms with E-state index in [0.29, 0.717) is 0 Å². The molecule has 0 aliphatic rings. The van der Waals surface area contributed by atoms with Crippen LogP contribution in [0.25, 0.3) is 10.6 Å². The van der Waals surface area contributed by atoms with Crippen LogP contribution in [0.5, 0.6) is 0 Å². The van der Waals surface area contributed by atoms with Crippen molar-refractivity contribution in [2.24, 2.45) is 0 Å². The summed E-state index contributed by atoms with van der Waals surface area (Å²) in [5.41, 5.74) is 2.06. The van der Waals surface area contributed by atoms with Gasteiger partial charge in [0.25, 0.3) is 0 Å². The van der Waals surface area contributed by atoms with Gasteiger partial charge in [-0.15, -0.1) is 0 Å². The van der Waals surface area contributed by atoms with E-state index in [1.807, 2.05) is 6.92 Å². The Morgan fingerprint density at radius 2 is 1.91 bits per heavy atom. The minimum absolute atomic E-state index is 0.197. The van der Waals surface area contributed by atoms with Crippen molar-refractivity contribution < 1.29 is 24.9 Å². The molecule has 0 aromatic carbocycles. The van der Waals surface area contributed by atoms with E-state index in [4.69, 9.17) is 27.5 Å². The summed E-state index contributed by atoms with van der Waals surface area (Å²) >= 11 is 5.15. The molecule has 2 rings (SSSR count). The van der Waals surface area contributed by atoms with Crippen molar-refractivity contribution in [2.45, 2.75) is 6.92 Å². The largest absolute Gasteiger partial charge is 0.502 e. The predicted octanol–water partition coefficient (Wildman–Crippen LogP) is 2.90. The fourth-order valence-electron chi connectivity index (χ4n) is 1.13. The lowest BCUT2D eigenvalue weighted by Gasteiger charge is -1.94. The van der Waals surface area contributed by atoms with Gasteiger partial charge in [-0.25, -0.2) is 9.59 Å². The number of rotatable bonds is 3. The first-order valence-corrected chi connectivity index (χ1v) is 8.11. The van der Waals surface area contributed by atoms with Crippen molar-refractivity contribution in [3.63, 3.8) is 0 Å². The Bertz CT molecular complexity index is 752. The lowest BCUT2D eigenvalue weighted by molar-refractivity contribution is -0.137. The van der Waals surface area contributed by atoms with Crippen LogP contribution in [-0.2, 0) is 9.59 Å². The topological polar surface area (TPSA) is 121 Å². The molecular weight excluding hydrogens is 348 g/mol. The summed E-state index contributed by atoms with van der Waals surface area (Å²) in [6.07, 6.45) is 5.33. The second-order valence-corrected chi connectivity index (χ2v) is 6.49. The van der Waals surface area contributed by atoms with E-state index in [1.165, 1.54) is 0 Å². The molecule has 116 valence electrons. The number of hydrogen-bond acceptors (Lipinski definition) is 8. The van der Waals surface area contributed by atoms with Gasteiger partial charge in [-0.1, -0.05) is 32.9 Å². The number of carboxylic acid groups (broad SMARTS) is 2. The molecule has 7 nitrogen and oxygen atoms in total. The van der Waals surface area contributed by atoms with Crippen LogP contribution in [0.2, 0.25) is 0 Å². The van der Waals surface area contributed by atoms with Gasteiger partial charge in [0, 0.05) is 12.4 Å². The van der Waals surface area contributed by atoms with Crippen LogP contribution in [0, 0.1) is 10.7 Å². The molecule has 0 radical (unpaired) electrons. The Morgan fingerprint density at radius 1 is 1.23 bits per heavy atom. The minimum atomic E-state index is -1.66. The fourth-order valence-corrected chi connectivity index (χ4v) is 3.95. The number of aliphatic hydroxyl groups is 1. The maximum Gasteiger partial charge on any atom is 0.371 e. The molecule has 0 spiro atoms. The predicted molar refractivity (Wildman–Crippen MR) is 84.8 cm³/mol. The maximum absolute atomic E-state index is 9.65. The first kappa shape index (κ1) is 17.9. The summed E-state index contributed by atoms with van der Waals surface area (Å²) in [6.45, 7) is 2.03. The summed E-state index contributed by atoms with van der Waals surface area (Å²) in [6, 6.07) is 0. The van der Waals surface area contributed by atoms with Gasteiger partial charge in [-0.3, -0.25) is 9.97 Å². The number of aliphatic carboxylic acids is 2. The van der Waals surface area contributed by atoms with Gasteiger partial charge in [-0.05, 0) is 12.5 Å². The Hall–Kier alpha value is -2.17. The summed E-state index contributed by atoms with van der Waals surface area (Å²) < 4.78 is 0.950.